The van der Waals surface area contributed by atoms with Crippen LogP contribution in [-0.4, -0.2) is 53.4 Å². The molecule has 21 heavy (non-hydrogen) atoms. The van der Waals surface area contributed by atoms with Gasteiger partial charge < -0.3 is 20.7 Å². The molecule has 2 atom stereocenters. The van der Waals surface area contributed by atoms with E-state index in [4.69, 9.17) is 25.4 Å². The maximum atomic E-state index is 8.74. The molecule has 1 aliphatic rings. The van der Waals surface area contributed by atoms with Gasteiger partial charge in [-0.3, -0.25) is 0 Å². The Labute approximate surface area is 127 Å². The predicted molar refractivity (Wildman–Crippen MR) is 81.3 cm³/mol. The second kappa shape index (κ2) is 13.0. The Morgan fingerprint density at radius 3 is 2.57 bits per heavy atom. The van der Waals surface area contributed by atoms with Crippen molar-refractivity contribution in [2.75, 3.05) is 13.1 Å². The molecular formula is C14H29BN2O4. The molecule has 4 N–H and O–H groups in total. The number of carbonyl (C=O) groups excluding carboxylic acids is 2. The number of hydrogen-bond acceptors (Lipinski definition) is 6. The van der Waals surface area contributed by atoms with Crippen molar-refractivity contribution in [2.45, 2.75) is 70.3 Å². The van der Waals surface area contributed by atoms with E-state index in [1.807, 2.05) is 0 Å². The number of nitrogens with zero attached hydrogens (tertiary/aromatic N) is 1. The van der Waals surface area contributed by atoms with E-state index >= 15 is 0 Å². The number of likely N-dealkylation sites (tertiary alicyclic amines) is 1. The summed E-state index contributed by atoms with van der Waals surface area (Å²) in [5.41, 5.74) is 6.10. The van der Waals surface area contributed by atoms with Crippen molar-refractivity contribution in [3.63, 3.8) is 0 Å². The second-order valence-corrected chi connectivity index (χ2v) is 5.64. The van der Waals surface area contributed by atoms with E-state index in [0.29, 0.717) is 6.32 Å². The van der Waals surface area contributed by atoms with Crippen molar-refractivity contribution in [1.82, 2.24) is 4.90 Å². The number of hydrogen-bond donors (Lipinski definition) is 3. The second-order valence-electron chi connectivity index (χ2n) is 5.64. The highest BCUT2D eigenvalue weighted by atomic mass is 16.4. The smallest absolute Gasteiger partial charge is 0.427 e. The van der Waals surface area contributed by atoms with Gasteiger partial charge in [-0.2, -0.15) is 9.59 Å². The van der Waals surface area contributed by atoms with Crippen LogP contribution in [0.5, 0.6) is 0 Å². The van der Waals surface area contributed by atoms with Crippen molar-refractivity contribution in [3.8, 4) is 0 Å². The molecule has 1 fully saturated rings. The predicted octanol–water partition coefficient (Wildman–Crippen LogP) is 0.638. The molecular weight excluding hydrogens is 271 g/mol. The Hall–Kier alpha value is -0.715. The highest BCUT2D eigenvalue weighted by Crippen LogP contribution is 2.20. The summed E-state index contributed by atoms with van der Waals surface area (Å²) in [6, 6.07) is 1.04. The molecule has 0 spiro atoms. The van der Waals surface area contributed by atoms with Gasteiger partial charge in [0.25, 0.3) is 0 Å². The standard InChI is InChI=1S/C13H29BN2O2.CO2/c1-2-13-7-5-10-16(13)11-8-12(15)6-3-4-9-14(17)18;2-1-3/h12-13,17-18H,2-11,15H2,1H3;/t12?,13-;/m1./s1. The summed E-state index contributed by atoms with van der Waals surface area (Å²) in [5, 5.41) is 17.5. The summed E-state index contributed by atoms with van der Waals surface area (Å²) in [7, 11) is -1.16. The summed E-state index contributed by atoms with van der Waals surface area (Å²) in [6.07, 6.45) is 8.57. The minimum Gasteiger partial charge on any atom is -0.427 e. The van der Waals surface area contributed by atoms with Gasteiger partial charge in [0.15, 0.2) is 0 Å². The van der Waals surface area contributed by atoms with E-state index in [1.165, 1.54) is 25.8 Å². The Morgan fingerprint density at radius 2 is 2.00 bits per heavy atom. The van der Waals surface area contributed by atoms with Crippen LogP contribution in [0.15, 0.2) is 0 Å². The van der Waals surface area contributed by atoms with Crippen molar-refractivity contribution in [1.29, 1.82) is 0 Å². The van der Waals surface area contributed by atoms with Crippen molar-refractivity contribution >= 4 is 13.3 Å². The fraction of sp³-hybridized carbons (Fsp3) is 0.929. The molecule has 0 amide bonds. The highest BCUT2D eigenvalue weighted by molar-refractivity contribution is 6.40. The molecule has 1 rings (SSSR count). The number of unbranched alkanes of at least 4 members (excludes halogenated alkanes) is 1. The van der Waals surface area contributed by atoms with E-state index in [9.17, 15) is 0 Å². The van der Waals surface area contributed by atoms with Gasteiger partial charge in [0.05, 0.1) is 0 Å². The Balaban J connectivity index is 0.00000122. The Morgan fingerprint density at radius 1 is 1.33 bits per heavy atom. The van der Waals surface area contributed by atoms with Gasteiger partial charge in [-0.1, -0.05) is 19.8 Å². The quantitative estimate of drug-likeness (QED) is 0.426. The summed E-state index contributed by atoms with van der Waals surface area (Å²) < 4.78 is 0. The van der Waals surface area contributed by atoms with Gasteiger partial charge >= 0.3 is 13.3 Å². The van der Waals surface area contributed by atoms with E-state index < -0.39 is 7.12 Å². The fourth-order valence-electron chi connectivity index (χ4n) is 2.86. The van der Waals surface area contributed by atoms with Crippen LogP contribution in [-0.2, 0) is 9.59 Å². The molecule has 0 bridgehead atoms. The zero-order valence-corrected chi connectivity index (χ0v) is 13.0. The third-order valence-electron chi connectivity index (χ3n) is 4.04. The van der Waals surface area contributed by atoms with Gasteiger partial charge in [-0.05, 0) is 51.5 Å². The van der Waals surface area contributed by atoms with E-state index in [1.54, 1.807) is 0 Å². The molecule has 0 aromatic heterocycles. The minimum absolute atomic E-state index is 0.250. The maximum absolute atomic E-state index is 8.74. The lowest BCUT2D eigenvalue weighted by atomic mass is 9.83. The van der Waals surface area contributed by atoms with E-state index in [-0.39, 0.29) is 12.2 Å². The average Bonchev–Trinajstić information content (AvgIpc) is 2.89. The van der Waals surface area contributed by atoms with Gasteiger partial charge in [0, 0.05) is 12.1 Å². The summed E-state index contributed by atoms with van der Waals surface area (Å²) in [6.45, 7) is 4.63. The Bertz CT molecular complexity index is 286. The maximum Gasteiger partial charge on any atom is 0.451 e. The van der Waals surface area contributed by atoms with Crippen LogP contribution < -0.4 is 5.73 Å². The highest BCUT2D eigenvalue weighted by Gasteiger charge is 2.22. The van der Waals surface area contributed by atoms with Crippen LogP contribution in [0.3, 0.4) is 0 Å². The van der Waals surface area contributed by atoms with Crippen LogP contribution >= 0.6 is 0 Å². The summed E-state index contributed by atoms with van der Waals surface area (Å²) in [4.78, 5) is 18.8. The average molecular weight is 300 g/mol. The van der Waals surface area contributed by atoms with Crippen molar-refractivity contribution < 1.29 is 19.6 Å². The van der Waals surface area contributed by atoms with Gasteiger partial charge in [-0.25, -0.2) is 0 Å². The monoisotopic (exact) mass is 300 g/mol. The molecule has 6 nitrogen and oxygen atoms in total. The molecule has 7 heteroatoms. The van der Waals surface area contributed by atoms with Gasteiger partial charge in [0.2, 0.25) is 0 Å². The number of nitrogens with two attached hydrogens (primary N) is 1. The first-order valence-corrected chi connectivity index (χ1v) is 7.90. The van der Waals surface area contributed by atoms with Gasteiger partial charge in [0.1, 0.15) is 0 Å². The van der Waals surface area contributed by atoms with Crippen LogP contribution in [0, 0.1) is 0 Å². The molecule has 0 aromatic rings. The fourth-order valence-corrected chi connectivity index (χ4v) is 2.86. The largest absolute Gasteiger partial charge is 0.451 e. The SMILES string of the molecule is CC[C@@H]1CCCN1CCC(N)CCCCB(O)O.O=C=O. The van der Waals surface area contributed by atoms with Crippen molar-refractivity contribution in [2.24, 2.45) is 5.73 Å². The first-order chi connectivity index (χ1) is 10.0. The lowest BCUT2D eigenvalue weighted by Crippen LogP contribution is -2.33. The molecule has 0 aromatic carbocycles. The normalized spacial score (nSPS) is 19.5. The molecule has 1 saturated heterocycles. The lowest BCUT2D eigenvalue weighted by molar-refractivity contribution is -0.191. The molecule has 0 saturated carbocycles. The van der Waals surface area contributed by atoms with E-state index in [2.05, 4.69) is 11.8 Å². The lowest BCUT2D eigenvalue weighted by Gasteiger charge is -2.24. The first-order valence-electron chi connectivity index (χ1n) is 7.90. The molecule has 0 radical (unpaired) electrons. The minimum atomic E-state index is -1.16. The molecule has 122 valence electrons. The first kappa shape index (κ1) is 20.3. The zero-order chi connectivity index (χ0) is 16.1. The van der Waals surface area contributed by atoms with Gasteiger partial charge in [-0.15, -0.1) is 0 Å². The zero-order valence-electron chi connectivity index (χ0n) is 13.0. The third kappa shape index (κ3) is 10.6. The third-order valence-corrected chi connectivity index (χ3v) is 4.04. The van der Waals surface area contributed by atoms with E-state index in [0.717, 1.165) is 38.3 Å². The summed E-state index contributed by atoms with van der Waals surface area (Å²) >= 11 is 0. The molecule has 1 aliphatic heterocycles. The molecule has 1 unspecified atom stereocenters. The topological polar surface area (TPSA) is 104 Å². The molecule has 0 aliphatic carbocycles. The van der Waals surface area contributed by atoms with Crippen LogP contribution in [0.25, 0.3) is 0 Å². The van der Waals surface area contributed by atoms with Crippen LogP contribution in [0.2, 0.25) is 6.32 Å². The summed E-state index contributed by atoms with van der Waals surface area (Å²) in [5.74, 6) is 0. The van der Waals surface area contributed by atoms with Crippen LogP contribution in [0.1, 0.15) is 51.9 Å². The Kier molecular flexibility index (Phi) is 12.5. The van der Waals surface area contributed by atoms with Crippen LogP contribution in [0.4, 0.5) is 0 Å². The number of rotatable bonds is 9. The molecule has 1 heterocycles. The van der Waals surface area contributed by atoms with Crippen molar-refractivity contribution in [3.05, 3.63) is 0 Å².